The molecule has 0 unspecified atom stereocenters. The number of amides is 1. The minimum atomic E-state index is 0.287. The molecule has 8 heteroatoms. The van der Waals surface area contributed by atoms with Crippen molar-refractivity contribution in [3.8, 4) is 0 Å². The van der Waals surface area contributed by atoms with Gasteiger partial charge in [0.15, 0.2) is 5.96 Å². The van der Waals surface area contributed by atoms with E-state index in [1.807, 2.05) is 25.8 Å². The molecule has 0 radical (unpaired) electrons. The van der Waals surface area contributed by atoms with E-state index in [1.54, 1.807) is 0 Å². The van der Waals surface area contributed by atoms with E-state index in [2.05, 4.69) is 25.3 Å². The van der Waals surface area contributed by atoms with Gasteiger partial charge in [0, 0.05) is 58.4 Å². The van der Waals surface area contributed by atoms with Crippen molar-refractivity contribution in [3.63, 3.8) is 0 Å². The van der Waals surface area contributed by atoms with E-state index >= 15 is 0 Å². The summed E-state index contributed by atoms with van der Waals surface area (Å²) >= 11 is 0. The third kappa shape index (κ3) is 5.25. The van der Waals surface area contributed by atoms with Gasteiger partial charge in [-0.1, -0.05) is 5.16 Å². The van der Waals surface area contributed by atoms with Crippen molar-refractivity contribution in [1.29, 1.82) is 0 Å². The van der Waals surface area contributed by atoms with Crippen LogP contribution in [0.5, 0.6) is 0 Å². The molecule has 1 amide bonds. The van der Waals surface area contributed by atoms with Crippen molar-refractivity contribution in [3.05, 3.63) is 17.0 Å². The van der Waals surface area contributed by atoms with E-state index < -0.39 is 0 Å². The van der Waals surface area contributed by atoms with Gasteiger partial charge < -0.3 is 19.6 Å². The molecule has 0 aromatic carbocycles. The van der Waals surface area contributed by atoms with Gasteiger partial charge in [-0.2, -0.15) is 0 Å². The second-order valence-electron chi connectivity index (χ2n) is 7.73. The van der Waals surface area contributed by atoms with Gasteiger partial charge >= 0.3 is 0 Å². The SMILES string of the molecule is CN=C(NCCc1c(C)noc1C)N1CCN(CC(=O)N2CCCCC2)CC1. The number of aromatic nitrogens is 1. The van der Waals surface area contributed by atoms with Crippen LogP contribution < -0.4 is 5.32 Å². The molecule has 1 N–H and O–H groups in total. The standard InChI is InChI=1S/C20H34N6O2/c1-16-18(17(2)28-23-16)7-8-22-20(21-3)26-13-11-24(12-14-26)15-19(27)25-9-5-4-6-10-25/h4-15H2,1-3H3,(H,21,22). The number of carbonyl (C=O) groups is 1. The number of rotatable bonds is 5. The maximum absolute atomic E-state index is 12.5. The van der Waals surface area contributed by atoms with Crippen LogP contribution >= 0.6 is 0 Å². The fourth-order valence-electron chi connectivity index (χ4n) is 4.04. The fraction of sp³-hybridized carbons (Fsp3) is 0.750. The zero-order chi connectivity index (χ0) is 19.9. The summed E-state index contributed by atoms with van der Waals surface area (Å²) in [6.45, 7) is 10.7. The molecule has 1 aromatic rings. The molecule has 0 aliphatic carbocycles. The first-order valence-corrected chi connectivity index (χ1v) is 10.5. The van der Waals surface area contributed by atoms with E-state index in [0.29, 0.717) is 6.54 Å². The van der Waals surface area contributed by atoms with E-state index in [-0.39, 0.29) is 5.91 Å². The monoisotopic (exact) mass is 390 g/mol. The molecule has 8 nitrogen and oxygen atoms in total. The van der Waals surface area contributed by atoms with E-state index in [1.165, 1.54) is 12.0 Å². The fourth-order valence-corrected chi connectivity index (χ4v) is 4.04. The smallest absolute Gasteiger partial charge is 0.236 e. The van der Waals surface area contributed by atoms with Crippen LogP contribution in [-0.2, 0) is 11.2 Å². The quantitative estimate of drug-likeness (QED) is 0.598. The van der Waals surface area contributed by atoms with Gasteiger partial charge in [-0.3, -0.25) is 14.7 Å². The highest BCUT2D eigenvalue weighted by atomic mass is 16.5. The van der Waals surface area contributed by atoms with Gasteiger partial charge in [-0.05, 0) is 39.5 Å². The number of nitrogens with one attached hydrogen (secondary N) is 1. The predicted octanol–water partition coefficient (Wildman–Crippen LogP) is 1.04. The van der Waals surface area contributed by atoms with Crippen LogP contribution in [-0.4, -0.2) is 91.1 Å². The molecular weight excluding hydrogens is 356 g/mol. The number of likely N-dealkylation sites (tertiary alicyclic amines) is 1. The molecule has 3 rings (SSSR count). The van der Waals surface area contributed by atoms with Crippen LogP contribution in [0.4, 0.5) is 0 Å². The summed E-state index contributed by atoms with van der Waals surface area (Å²) in [5, 5.41) is 7.46. The average molecular weight is 391 g/mol. The summed E-state index contributed by atoms with van der Waals surface area (Å²) in [7, 11) is 1.82. The summed E-state index contributed by atoms with van der Waals surface area (Å²) < 4.78 is 5.23. The van der Waals surface area contributed by atoms with E-state index in [0.717, 1.165) is 82.5 Å². The third-order valence-electron chi connectivity index (χ3n) is 5.79. The van der Waals surface area contributed by atoms with Gasteiger partial charge in [-0.15, -0.1) is 0 Å². The molecule has 2 aliphatic heterocycles. The molecular formula is C20H34N6O2. The largest absolute Gasteiger partial charge is 0.361 e. The normalized spacial score (nSPS) is 19.2. The Kier molecular flexibility index (Phi) is 7.30. The number of piperazine rings is 1. The summed E-state index contributed by atoms with van der Waals surface area (Å²) in [6, 6.07) is 0. The topological polar surface area (TPSA) is 77.2 Å². The highest BCUT2D eigenvalue weighted by Crippen LogP contribution is 2.13. The average Bonchev–Trinajstić information content (AvgIpc) is 3.04. The van der Waals surface area contributed by atoms with Gasteiger partial charge in [0.25, 0.3) is 0 Å². The van der Waals surface area contributed by atoms with Crippen molar-refractivity contribution < 1.29 is 9.32 Å². The maximum Gasteiger partial charge on any atom is 0.236 e. The lowest BCUT2D eigenvalue weighted by Gasteiger charge is -2.37. The summed E-state index contributed by atoms with van der Waals surface area (Å²) in [4.78, 5) is 23.5. The molecule has 2 fully saturated rings. The molecule has 0 bridgehead atoms. The molecule has 3 heterocycles. The lowest BCUT2D eigenvalue weighted by atomic mass is 10.1. The Labute approximate surface area is 167 Å². The number of nitrogens with zero attached hydrogens (tertiary/aromatic N) is 5. The number of carbonyl (C=O) groups excluding carboxylic acids is 1. The number of hydrogen-bond donors (Lipinski definition) is 1. The van der Waals surface area contributed by atoms with Crippen LogP contribution in [0.2, 0.25) is 0 Å². The van der Waals surface area contributed by atoms with Gasteiger partial charge in [0.2, 0.25) is 5.91 Å². The molecule has 0 atom stereocenters. The Balaban J connectivity index is 1.40. The third-order valence-corrected chi connectivity index (χ3v) is 5.79. The van der Waals surface area contributed by atoms with Crippen molar-refractivity contribution in [1.82, 2.24) is 25.2 Å². The van der Waals surface area contributed by atoms with Crippen molar-refractivity contribution in [2.45, 2.75) is 39.5 Å². The van der Waals surface area contributed by atoms with Crippen molar-refractivity contribution >= 4 is 11.9 Å². The maximum atomic E-state index is 12.5. The number of guanidine groups is 1. The van der Waals surface area contributed by atoms with Crippen LogP contribution in [0.1, 0.15) is 36.3 Å². The molecule has 2 aliphatic rings. The zero-order valence-electron chi connectivity index (χ0n) is 17.5. The molecule has 2 saturated heterocycles. The lowest BCUT2D eigenvalue weighted by Crippen LogP contribution is -2.54. The second kappa shape index (κ2) is 9.91. The second-order valence-corrected chi connectivity index (χ2v) is 7.73. The Morgan fingerprint density at radius 2 is 1.79 bits per heavy atom. The van der Waals surface area contributed by atoms with Crippen LogP contribution in [0, 0.1) is 13.8 Å². The first-order valence-electron chi connectivity index (χ1n) is 10.5. The molecule has 28 heavy (non-hydrogen) atoms. The Hall–Kier alpha value is -2.09. The Morgan fingerprint density at radius 3 is 2.39 bits per heavy atom. The molecule has 1 aromatic heterocycles. The minimum Gasteiger partial charge on any atom is -0.361 e. The highest BCUT2D eigenvalue weighted by molar-refractivity contribution is 5.80. The number of aliphatic imine (C=N–C) groups is 1. The first-order chi connectivity index (χ1) is 13.6. The summed E-state index contributed by atoms with van der Waals surface area (Å²) in [5.74, 6) is 2.10. The Bertz CT molecular complexity index is 653. The molecule has 0 saturated carbocycles. The van der Waals surface area contributed by atoms with Crippen LogP contribution in [0.3, 0.4) is 0 Å². The molecule has 156 valence electrons. The first kappa shape index (κ1) is 20.6. The van der Waals surface area contributed by atoms with Gasteiger partial charge in [-0.25, -0.2) is 0 Å². The number of hydrogen-bond acceptors (Lipinski definition) is 5. The highest BCUT2D eigenvalue weighted by Gasteiger charge is 2.24. The van der Waals surface area contributed by atoms with Crippen LogP contribution in [0.25, 0.3) is 0 Å². The van der Waals surface area contributed by atoms with Gasteiger partial charge in [0.1, 0.15) is 5.76 Å². The zero-order valence-corrected chi connectivity index (χ0v) is 17.5. The number of piperidine rings is 1. The predicted molar refractivity (Wildman–Crippen MR) is 109 cm³/mol. The Morgan fingerprint density at radius 1 is 1.07 bits per heavy atom. The summed E-state index contributed by atoms with van der Waals surface area (Å²) in [5.41, 5.74) is 2.13. The van der Waals surface area contributed by atoms with Crippen LogP contribution in [0.15, 0.2) is 9.52 Å². The molecule has 0 spiro atoms. The van der Waals surface area contributed by atoms with Crippen molar-refractivity contribution in [2.75, 3.05) is 59.4 Å². The summed E-state index contributed by atoms with van der Waals surface area (Å²) in [6.07, 6.45) is 4.42. The van der Waals surface area contributed by atoms with E-state index in [4.69, 9.17) is 4.52 Å². The van der Waals surface area contributed by atoms with E-state index in [9.17, 15) is 4.79 Å². The lowest BCUT2D eigenvalue weighted by molar-refractivity contribution is -0.133. The number of aryl methyl sites for hydroxylation is 2. The minimum absolute atomic E-state index is 0.287. The van der Waals surface area contributed by atoms with Crippen molar-refractivity contribution in [2.24, 2.45) is 4.99 Å². The van der Waals surface area contributed by atoms with Gasteiger partial charge in [0.05, 0.1) is 12.2 Å².